The van der Waals surface area contributed by atoms with E-state index in [1.54, 1.807) is 0 Å². The number of aryl methyl sites for hydroxylation is 1. The molecule has 1 aliphatic rings. The quantitative estimate of drug-likeness (QED) is 0.197. The fourth-order valence-corrected chi connectivity index (χ4v) is 7.47. The Kier molecular flexibility index (Phi) is 5.86. The Bertz CT molecular complexity index is 2390. The fraction of sp³-hybridized carbons (Fsp3) is 0.0455. The zero-order valence-corrected chi connectivity index (χ0v) is 25.1. The van der Waals surface area contributed by atoms with Crippen molar-refractivity contribution >= 4 is 21.8 Å². The molecule has 45 heavy (non-hydrogen) atoms. The minimum atomic E-state index is 0.210. The standard InChI is InChI=1S/C44H31N/c1-29-11-9-12-30(25-29)31-13-10-14-34(26-31)44-38-19-6-5-17-36(38)40-27-32(21-23-39(40)44)33-22-24-43-41(28-33)37-18-7-8-20-42(37)45(43)35-15-3-2-4-16-35/h2-28,44H,1H3. The van der Waals surface area contributed by atoms with Crippen LogP contribution in [-0.4, -0.2) is 4.57 Å². The molecule has 7 aromatic carbocycles. The van der Waals surface area contributed by atoms with Gasteiger partial charge in [0.15, 0.2) is 0 Å². The molecule has 1 aliphatic carbocycles. The first-order chi connectivity index (χ1) is 22.2. The lowest BCUT2D eigenvalue weighted by atomic mass is 9.87. The van der Waals surface area contributed by atoms with Crippen LogP contribution in [0.4, 0.5) is 0 Å². The molecule has 0 bridgehead atoms. The van der Waals surface area contributed by atoms with Gasteiger partial charge in [0.2, 0.25) is 0 Å². The fourth-order valence-electron chi connectivity index (χ4n) is 7.47. The number of para-hydroxylation sites is 2. The number of aromatic nitrogens is 1. The molecule has 0 radical (unpaired) electrons. The van der Waals surface area contributed by atoms with Gasteiger partial charge >= 0.3 is 0 Å². The van der Waals surface area contributed by atoms with E-state index in [9.17, 15) is 0 Å². The minimum absolute atomic E-state index is 0.210. The van der Waals surface area contributed by atoms with Crippen molar-refractivity contribution < 1.29 is 0 Å². The Morgan fingerprint density at radius 3 is 1.98 bits per heavy atom. The van der Waals surface area contributed by atoms with Crippen molar-refractivity contribution in [3.8, 4) is 39.1 Å². The van der Waals surface area contributed by atoms with Crippen LogP contribution >= 0.6 is 0 Å². The van der Waals surface area contributed by atoms with Crippen LogP contribution in [0.5, 0.6) is 0 Å². The Morgan fingerprint density at radius 2 is 1.09 bits per heavy atom. The summed E-state index contributed by atoms with van der Waals surface area (Å²) in [6.45, 7) is 2.16. The molecule has 0 saturated heterocycles. The van der Waals surface area contributed by atoms with E-state index in [4.69, 9.17) is 0 Å². The minimum Gasteiger partial charge on any atom is -0.309 e. The molecule has 0 spiro atoms. The maximum Gasteiger partial charge on any atom is 0.0541 e. The molecule has 0 amide bonds. The molecule has 1 aromatic heterocycles. The monoisotopic (exact) mass is 573 g/mol. The Balaban J connectivity index is 1.17. The molecule has 0 N–H and O–H groups in total. The normalized spacial score (nSPS) is 13.7. The first-order valence-electron chi connectivity index (χ1n) is 15.7. The van der Waals surface area contributed by atoms with Gasteiger partial charge < -0.3 is 4.57 Å². The summed E-state index contributed by atoms with van der Waals surface area (Å²) in [6.07, 6.45) is 0. The molecule has 1 heterocycles. The average Bonchev–Trinajstić information content (AvgIpc) is 3.61. The van der Waals surface area contributed by atoms with Gasteiger partial charge in [0.05, 0.1) is 11.0 Å². The average molecular weight is 574 g/mol. The van der Waals surface area contributed by atoms with Crippen molar-refractivity contribution in [1.82, 2.24) is 4.57 Å². The molecule has 0 fully saturated rings. The van der Waals surface area contributed by atoms with Crippen molar-refractivity contribution in [3.05, 3.63) is 186 Å². The molecular formula is C44H31N. The lowest BCUT2D eigenvalue weighted by Gasteiger charge is -2.16. The molecule has 212 valence electrons. The number of fused-ring (bicyclic) bond motifs is 6. The van der Waals surface area contributed by atoms with E-state index in [1.807, 2.05) is 0 Å². The summed E-state index contributed by atoms with van der Waals surface area (Å²) >= 11 is 0. The van der Waals surface area contributed by atoms with Crippen LogP contribution in [-0.2, 0) is 0 Å². The van der Waals surface area contributed by atoms with Gasteiger partial charge in [-0.1, -0.05) is 133 Å². The highest BCUT2D eigenvalue weighted by atomic mass is 15.0. The number of nitrogens with zero attached hydrogens (tertiary/aromatic N) is 1. The van der Waals surface area contributed by atoms with E-state index in [0.717, 1.165) is 0 Å². The third-order valence-electron chi connectivity index (χ3n) is 9.52. The van der Waals surface area contributed by atoms with E-state index in [2.05, 4.69) is 175 Å². The summed E-state index contributed by atoms with van der Waals surface area (Å²) in [4.78, 5) is 0. The largest absolute Gasteiger partial charge is 0.309 e. The summed E-state index contributed by atoms with van der Waals surface area (Å²) in [5.74, 6) is 0.210. The maximum atomic E-state index is 2.41. The number of hydrogen-bond acceptors (Lipinski definition) is 0. The van der Waals surface area contributed by atoms with Gasteiger partial charge in [0.1, 0.15) is 0 Å². The highest BCUT2D eigenvalue weighted by molar-refractivity contribution is 6.10. The van der Waals surface area contributed by atoms with Crippen LogP contribution in [0, 0.1) is 6.92 Å². The van der Waals surface area contributed by atoms with Gasteiger partial charge in [-0.3, -0.25) is 0 Å². The number of rotatable bonds is 4. The Hall–Kier alpha value is -5.66. The first-order valence-corrected chi connectivity index (χ1v) is 15.7. The van der Waals surface area contributed by atoms with Crippen LogP contribution in [0.15, 0.2) is 164 Å². The molecule has 1 atom stereocenters. The van der Waals surface area contributed by atoms with Crippen molar-refractivity contribution in [2.45, 2.75) is 12.8 Å². The van der Waals surface area contributed by atoms with Crippen molar-refractivity contribution in [1.29, 1.82) is 0 Å². The molecule has 1 heteroatoms. The lowest BCUT2D eigenvalue weighted by Crippen LogP contribution is -1.99. The van der Waals surface area contributed by atoms with Crippen molar-refractivity contribution in [2.24, 2.45) is 0 Å². The van der Waals surface area contributed by atoms with Crippen molar-refractivity contribution in [2.75, 3.05) is 0 Å². The molecule has 9 rings (SSSR count). The van der Waals surface area contributed by atoms with Crippen LogP contribution in [0.2, 0.25) is 0 Å². The number of benzene rings is 7. The van der Waals surface area contributed by atoms with Gasteiger partial charge in [-0.15, -0.1) is 0 Å². The predicted molar refractivity (Wildman–Crippen MR) is 189 cm³/mol. The van der Waals surface area contributed by atoms with Crippen LogP contribution in [0.25, 0.3) is 60.9 Å². The van der Waals surface area contributed by atoms with Crippen molar-refractivity contribution in [3.63, 3.8) is 0 Å². The first kappa shape index (κ1) is 25.8. The van der Waals surface area contributed by atoms with Gasteiger partial charge in [0, 0.05) is 22.4 Å². The smallest absolute Gasteiger partial charge is 0.0541 e. The predicted octanol–water partition coefficient (Wildman–Crippen LogP) is 11.6. The van der Waals surface area contributed by atoms with E-state index in [0.29, 0.717) is 0 Å². The molecule has 8 aromatic rings. The van der Waals surface area contributed by atoms with Gasteiger partial charge in [-0.25, -0.2) is 0 Å². The van der Waals surface area contributed by atoms with E-state index in [-0.39, 0.29) is 5.92 Å². The SMILES string of the molecule is Cc1cccc(-c2cccc(C3c4ccccc4-c4cc(-c5ccc6c(c5)c5ccccc5n6-c5ccccc5)ccc43)c2)c1. The highest BCUT2D eigenvalue weighted by Gasteiger charge is 2.30. The third-order valence-corrected chi connectivity index (χ3v) is 9.52. The van der Waals surface area contributed by atoms with Gasteiger partial charge in [-0.05, 0) is 93.4 Å². The third kappa shape index (κ3) is 4.16. The molecule has 1 nitrogen and oxygen atoms in total. The Labute approximate surface area is 263 Å². The van der Waals surface area contributed by atoms with E-state index < -0.39 is 0 Å². The summed E-state index contributed by atoms with van der Waals surface area (Å²) < 4.78 is 2.38. The van der Waals surface area contributed by atoms with E-state index in [1.165, 1.54) is 83.1 Å². The van der Waals surface area contributed by atoms with Gasteiger partial charge in [-0.2, -0.15) is 0 Å². The second-order valence-electron chi connectivity index (χ2n) is 12.2. The zero-order valence-electron chi connectivity index (χ0n) is 25.1. The zero-order chi connectivity index (χ0) is 29.9. The second kappa shape index (κ2) is 10.2. The molecular weight excluding hydrogens is 542 g/mol. The molecule has 0 saturated carbocycles. The summed E-state index contributed by atoms with van der Waals surface area (Å²) in [5.41, 5.74) is 16.7. The van der Waals surface area contributed by atoms with Crippen LogP contribution in [0.1, 0.15) is 28.2 Å². The number of hydrogen-bond donors (Lipinski definition) is 0. The molecule has 1 unspecified atom stereocenters. The van der Waals surface area contributed by atoms with Crippen LogP contribution < -0.4 is 0 Å². The summed E-state index contributed by atoms with van der Waals surface area (Å²) in [5, 5.41) is 2.55. The molecule has 0 aliphatic heterocycles. The highest BCUT2D eigenvalue weighted by Crippen LogP contribution is 2.49. The summed E-state index contributed by atoms with van der Waals surface area (Å²) in [6, 6.07) is 60.3. The van der Waals surface area contributed by atoms with Crippen LogP contribution in [0.3, 0.4) is 0 Å². The topological polar surface area (TPSA) is 4.93 Å². The summed E-state index contributed by atoms with van der Waals surface area (Å²) in [7, 11) is 0. The van der Waals surface area contributed by atoms with E-state index >= 15 is 0 Å². The Morgan fingerprint density at radius 1 is 0.422 bits per heavy atom. The maximum absolute atomic E-state index is 2.41. The lowest BCUT2D eigenvalue weighted by molar-refractivity contribution is 1.02. The second-order valence-corrected chi connectivity index (χ2v) is 12.2. The van der Waals surface area contributed by atoms with Gasteiger partial charge in [0.25, 0.3) is 0 Å².